The molecule has 0 aliphatic carbocycles. The van der Waals surface area contributed by atoms with Gasteiger partial charge in [-0.05, 0) is 22.4 Å². The molecule has 1 aromatic heterocycles. The number of aliphatic hydroxyl groups excluding tert-OH is 2. The van der Waals surface area contributed by atoms with Gasteiger partial charge in [0.05, 0.1) is 12.7 Å². The zero-order valence-electron chi connectivity index (χ0n) is 8.89. The predicted octanol–water partition coefficient (Wildman–Crippen LogP) is 1.34. The Morgan fingerprint density at radius 1 is 1.31 bits per heavy atom. The van der Waals surface area contributed by atoms with E-state index in [9.17, 15) is 5.11 Å². The highest BCUT2D eigenvalue weighted by Crippen LogP contribution is 2.25. The lowest BCUT2D eigenvalue weighted by atomic mass is 10.2. The molecule has 0 bridgehead atoms. The minimum Gasteiger partial charge on any atom is -0.394 e. The Kier molecular flexibility index (Phi) is 3.90. The van der Waals surface area contributed by atoms with E-state index in [2.05, 4.69) is 22.8 Å². The Labute approximate surface area is 98.4 Å². The molecule has 4 heteroatoms. The summed E-state index contributed by atoms with van der Waals surface area (Å²) in [5.74, 6) is 0. The second-order valence-corrected chi connectivity index (χ2v) is 4.64. The molecular formula is C12H15NO2S. The van der Waals surface area contributed by atoms with Crippen molar-refractivity contribution < 1.29 is 10.2 Å². The van der Waals surface area contributed by atoms with Crippen LogP contribution in [0.15, 0.2) is 29.6 Å². The van der Waals surface area contributed by atoms with E-state index in [-0.39, 0.29) is 6.61 Å². The van der Waals surface area contributed by atoms with Gasteiger partial charge in [-0.3, -0.25) is 0 Å². The molecule has 1 heterocycles. The molecule has 0 amide bonds. The highest BCUT2D eigenvalue weighted by molar-refractivity contribution is 7.17. The minimum atomic E-state index is -0.676. The van der Waals surface area contributed by atoms with E-state index in [0.29, 0.717) is 6.54 Å². The molecule has 1 atom stereocenters. The van der Waals surface area contributed by atoms with E-state index in [1.54, 1.807) is 11.3 Å². The van der Waals surface area contributed by atoms with Gasteiger partial charge in [0.2, 0.25) is 0 Å². The quantitative estimate of drug-likeness (QED) is 0.735. The zero-order chi connectivity index (χ0) is 11.4. The molecule has 0 aliphatic heterocycles. The molecule has 1 aromatic carbocycles. The van der Waals surface area contributed by atoms with Gasteiger partial charge < -0.3 is 15.5 Å². The van der Waals surface area contributed by atoms with Crippen molar-refractivity contribution in [1.82, 2.24) is 5.32 Å². The van der Waals surface area contributed by atoms with Crippen LogP contribution in [0.25, 0.3) is 10.1 Å². The Hall–Kier alpha value is -0.940. The van der Waals surface area contributed by atoms with Crippen LogP contribution in [0.4, 0.5) is 0 Å². The van der Waals surface area contributed by atoms with Crippen molar-refractivity contribution in [2.24, 2.45) is 0 Å². The number of aliphatic hydroxyl groups is 2. The Morgan fingerprint density at radius 3 is 2.94 bits per heavy atom. The summed E-state index contributed by atoms with van der Waals surface area (Å²) in [7, 11) is 0. The van der Waals surface area contributed by atoms with E-state index in [1.807, 2.05) is 12.1 Å². The number of benzene rings is 1. The fourth-order valence-corrected chi connectivity index (χ4v) is 2.57. The highest BCUT2D eigenvalue weighted by Gasteiger charge is 2.04. The topological polar surface area (TPSA) is 52.5 Å². The van der Waals surface area contributed by atoms with Gasteiger partial charge in [-0.2, -0.15) is 0 Å². The number of thiophene rings is 1. The molecule has 2 aromatic rings. The molecule has 0 fully saturated rings. The molecule has 2 rings (SSSR count). The largest absolute Gasteiger partial charge is 0.394 e. The van der Waals surface area contributed by atoms with Crippen LogP contribution in [0.2, 0.25) is 0 Å². The van der Waals surface area contributed by atoms with Crippen molar-refractivity contribution in [2.45, 2.75) is 12.6 Å². The highest BCUT2D eigenvalue weighted by atomic mass is 32.1. The van der Waals surface area contributed by atoms with Crippen LogP contribution in [0.3, 0.4) is 0 Å². The lowest BCUT2D eigenvalue weighted by Gasteiger charge is -2.08. The average Bonchev–Trinajstić information content (AvgIpc) is 2.73. The van der Waals surface area contributed by atoms with Crippen molar-refractivity contribution >= 4 is 21.4 Å². The third kappa shape index (κ3) is 2.59. The first kappa shape index (κ1) is 11.5. The first-order chi connectivity index (χ1) is 7.81. The van der Waals surface area contributed by atoms with E-state index in [0.717, 1.165) is 6.54 Å². The monoisotopic (exact) mass is 237 g/mol. The molecule has 3 nitrogen and oxygen atoms in total. The van der Waals surface area contributed by atoms with Crippen LogP contribution in [0, 0.1) is 0 Å². The smallest absolute Gasteiger partial charge is 0.0895 e. The van der Waals surface area contributed by atoms with Gasteiger partial charge in [0.15, 0.2) is 0 Å². The summed E-state index contributed by atoms with van der Waals surface area (Å²) in [5.41, 5.74) is 1.24. The van der Waals surface area contributed by atoms with Crippen molar-refractivity contribution in [3.8, 4) is 0 Å². The van der Waals surface area contributed by atoms with Gasteiger partial charge in [-0.25, -0.2) is 0 Å². The number of hydrogen-bond donors (Lipinski definition) is 3. The third-order valence-corrected chi connectivity index (χ3v) is 3.48. The molecule has 1 unspecified atom stereocenters. The summed E-state index contributed by atoms with van der Waals surface area (Å²) in [6, 6.07) is 8.27. The first-order valence-corrected chi connectivity index (χ1v) is 6.14. The number of hydrogen-bond acceptors (Lipinski definition) is 4. The van der Waals surface area contributed by atoms with Crippen LogP contribution in [0.1, 0.15) is 5.56 Å². The number of fused-ring (bicyclic) bond motifs is 1. The van der Waals surface area contributed by atoms with E-state index < -0.39 is 6.10 Å². The maximum Gasteiger partial charge on any atom is 0.0895 e. The van der Waals surface area contributed by atoms with Crippen molar-refractivity contribution in [2.75, 3.05) is 13.2 Å². The lowest BCUT2D eigenvalue weighted by molar-refractivity contribution is 0.0942. The first-order valence-electron chi connectivity index (χ1n) is 5.26. The van der Waals surface area contributed by atoms with Crippen LogP contribution in [0.5, 0.6) is 0 Å². The lowest BCUT2D eigenvalue weighted by Crippen LogP contribution is -2.28. The van der Waals surface area contributed by atoms with Gasteiger partial charge >= 0.3 is 0 Å². The fourth-order valence-electron chi connectivity index (χ4n) is 1.61. The van der Waals surface area contributed by atoms with Crippen LogP contribution in [-0.4, -0.2) is 29.5 Å². The Morgan fingerprint density at radius 2 is 2.12 bits per heavy atom. The summed E-state index contributed by atoms with van der Waals surface area (Å²) in [6.45, 7) is 0.944. The van der Waals surface area contributed by atoms with E-state index in [1.165, 1.54) is 15.6 Å². The predicted molar refractivity (Wildman–Crippen MR) is 66.6 cm³/mol. The van der Waals surface area contributed by atoms with Gasteiger partial charge in [0.25, 0.3) is 0 Å². The summed E-state index contributed by atoms with van der Waals surface area (Å²) in [4.78, 5) is 0. The molecular weight excluding hydrogens is 222 g/mol. The molecule has 3 N–H and O–H groups in total. The summed E-state index contributed by atoms with van der Waals surface area (Å²) in [5, 5.41) is 24.4. The molecule has 0 spiro atoms. The fraction of sp³-hybridized carbons (Fsp3) is 0.333. The summed E-state index contributed by atoms with van der Waals surface area (Å²) >= 11 is 1.73. The Balaban J connectivity index is 1.99. The average molecular weight is 237 g/mol. The Bertz CT molecular complexity index is 455. The second-order valence-electron chi connectivity index (χ2n) is 3.72. The third-order valence-electron chi connectivity index (χ3n) is 2.47. The zero-order valence-corrected chi connectivity index (χ0v) is 9.70. The van der Waals surface area contributed by atoms with Gasteiger partial charge in [-0.1, -0.05) is 18.2 Å². The summed E-state index contributed by atoms with van der Waals surface area (Å²) < 4.78 is 1.28. The van der Waals surface area contributed by atoms with Crippen molar-refractivity contribution in [1.29, 1.82) is 0 Å². The van der Waals surface area contributed by atoms with Crippen LogP contribution >= 0.6 is 11.3 Å². The number of nitrogens with one attached hydrogen (secondary N) is 1. The molecule has 86 valence electrons. The molecule has 0 radical (unpaired) electrons. The van der Waals surface area contributed by atoms with Gasteiger partial charge in [0, 0.05) is 17.8 Å². The molecule has 0 saturated carbocycles. The second kappa shape index (κ2) is 5.41. The standard InChI is InChI=1S/C12H15NO2S/c14-7-10(15)6-13-5-9-8-16-12-4-2-1-3-11(9)12/h1-4,8,10,13-15H,5-7H2. The molecule has 0 aliphatic rings. The van der Waals surface area contributed by atoms with Crippen LogP contribution < -0.4 is 5.32 Å². The van der Waals surface area contributed by atoms with Crippen molar-refractivity contribution in [3.05, 3.63) is 35.2 Å². The maximum absolute atomic E-state index is 9.19. The van der Waals surface area contributed by atoms with E-state index in [4.69, 9.17) is 5.11 Å². The van der Waals surface area contributed by atoms with Gasteiger partial charge in [0.1, 0.15) is 0 Å². The van der Waals surface area contributed by atoms with Crippen molar-refractivity contribution in [3.63, 3.8) is 0 Å². The van der Waals surface area contributed by atoms with Crippen LogP contribution in [-0.2, 0) is 6.54 Å². The number of rotatable bonds is 5. The molecule has 16 heavy (non-hydrogen) atoms. The maximum atomic E-state index is 9.19. The normalized spacial score (nSPS) is 13.1. The SMILES string of the molecule is OCC(O)CNCc1csc2ccccc12. The summed E-state index contributed by atoms with van der Waals surface area (Å²) in [6.07, 6.45) is -0.676. The van der Waals surface area contributed by atoms with Gasteiger partial charge in [-0.15, -0.1) is 11.3 Å². The molecule has 0 saturated heterocycles. The van der Waals surface area contributed by atoms with E-state index >= 15 is 0 Å². The minimum absolute atomic E-state index is 0.197.